The van der Waals surface area contributed by atoms with Crippen LogP contribution >= 0.6 is 11.6 Å². The summed E-state index contributed by atoms with van der Waals surface area (Å²) in [7, 11) is 0. The van der Waals surface area contributed by atoms with E-state index in [9.17, 15) is 10.1 Å². The van der Waals surface area contributed by atoms with Crippen molar-refractivity contribution in [2.75, 3.05) is 0 Å². The summed E-state index contributed by atoms with van der Waals surface area (Å²) >= 11 is 5.49. The Morgan fingerprint density at radius 1 is 1.13 bits per heavy atom. The molecule has 0 aromatic heterocycles. The summed E-state index contributed by atoms with van der Waals surface area (Å²) in [4.78, 5) is 9.61. The monoisotopic (exact) mass is 229 g/mol. The Labute approximate surface area is 95.2 Å². The summed E-state index contributed by atoms with van der Waals surface area (Å²) in [6.45, 7) is 8.75. The van der Waals surface area contributed by atoms with E-state index in [4.69, 9.17) is 11.6 Å². The quantitative estimate of drug-likeness (QED) is 0.532. The fraction of sp³-hybridized carbons (Fsp3) is 0.455. The van der Waals surface area contributed by atoms with Gasteiger partial charge in [0.2, 0.25) is 0 Å². The van der Waals surface area contributed by atoms with Crippen LogP contribution in [0.25, 0.3) is 0 Å². The molecule has 0 aliphatic rings. The maximum Gasteiger partial charge on any atom is 0.269 e. The van der Waals surface area contributed by atoms with Gasteiger partial charge in [-0.25, -0.2) is 0 Å². The van der Waals surface area contributed by atoms with Crippen LogP contribution in [0.15, 0.2) is 24.3 Å². The molecule has 0 saturated carbocycles. The first-order valence-electron chi connectivity index (χ1n) is 4.60. The van der Waals surface area contributed by atoms with Crippen molar-refractivity contribution in [3.05, 3.63) is 39.4 Å². The van der Waals surface area contributed by atoms with Crippen LogP contribution in [0.2, 0.25) is 5.02 Å². The number of non-ortho nitro benzene ring substituents is 1. The van der Waals surface area contributed by atoms with Crippen LogP contribution in [-0.2, 0) is 0 Å². The number of halogens is 1. The topological polar surface area (TPSA) is 43.1 Å². The number of benzene rings is 1. The molecular formula is C11H16ClNO2. The highest BCUT2D eigenvalue weighted by Crippen LogP contribution is 2.14. The van der Waals surface area contributed by atoms with E-state index >= 15 is 0 Å². The molecule has 0 N–H and O–H groups in total. The Kier molecular flexibility index (Phi) is 5.29. The van der Waals surface area contributed by atoms with Crippen molar-refractivity contribution < 1.29 is 4.92 Å². The summed E-state index contributed by atoms with van der Waals surface area (Å²) in [6, 6.07) is 5.70. The third-order valence-electron chi connectivity index (χ3n) is 1.04. The maximum absolute atomic E-state index is 10.1. The first-order valence-corrected chi connectivity index (χ1v) is 4.98. The highest BCUT2D eigenvalue weighted by molar-refractivity contribution is 6.30. The third kappa shape index (κ3) is 9.22. The number of hydrogen-bond donors (Lipinski definition) is 0. The molecule has 0 atom stereocenters. The molecule has 0 heterocycles. The van der Waals surface area contributed by atoms with E-state index in [1.807, 2.05) is 0 Å². The minimum Gasteiger partial charge on any atom is -0.258 e. The minimum atomic E-state index is -0.462. The molecule has 84 valence electrons. The molecule has 0 unspecified atom stereocenters. The first-order chi connectivity index (χ1) is 6.70. The summed E-state index contributed by atoms with van der Waals surface area (Å²) in [5, 5.41) is 10.6. The smallest absolute Gasteiger partial charge is 0.258 e. The lowest BCUT2D eigenvalue weighted by Gasteiger charge is -2.05. The van der Waals surface area contributed by atoms with E-state index in [1.165, 1.54) is 24.3 Å². The van der Waals surface area contributed by atoms with Crippen LogP contribution in [0.3, 0.4) is 0 Å². The van der Waals surface area contributed by atoms with Crippen molar-refractivity contribution in [3.63, 3.8) is 0 Å². The van der Waals surface area contributed by atoms with Crippen LogP contribution in [0.5, 0.6) is 0 Å². The lowest BCUT2D eigenvalue weighted by Crippen LogP contribution is -1.93. The number of nitro groups is 1. The number of nitro benzene ring substituents is 1. The standard InChI is InChI=1S/C6H4ClNO2.C5H12/c7-5-1-3-6(4-2-5)8(9)10;1-5(2,3)4/h1-4H;1-4H3. The highest BCUT2D eigenvalue weighted by Gasteiger charge is 2.01. The van der Waals surface area contributed by atoms with Gasteiger partial charge in [0.15, 0.2) is 0 Å². The van der Waals surface area contributed by atoms with Gasteiger partial charge in [0.1, 0.15) is 0 Å². The molecule has 0 saturated heterocycles. The van der Waals surface area contributed by atoms with Gasteiger partial charge < -0.3 is 0 Å². The fourth-order valence-electron chi connectivity index (χ4n) is 0.563. The van der Waals surface area contributed by atoms with Crippen molar-refractivity contribution in [1.82, 2.24) is 0 Å². The lowest BCUT2D eigenvalue weighted by atomic mass is 10.0. The second-order valence-electron chi connectivity index (χ2n) is 4.73. The molecule has 4 heteroatoms. The van der Waals surface area contributed by atoms with E-state index in [0.29, 0.717) is 10.4 Å². The van der Waals surface area contributed by atoms with Gasteiger partial charge in [-0.2, -0.15) is 0 Å². The van der Waals surface area contributed by atoms with Crippen LogP contribution in [-0.4, -0.2) is 4.92 Å². The summed E-state index contributed by atoms with van der Waals surface area (Å²) in [5.41, 5.74) is 0.560. The van der Waals surface area contributed by atoms with Crippen molar-refractivity contribution in [2.24, 2.45) is 5.41 Å². The first kappa shape index (κ1) is 13.9. The minimum absolute atomic E-state index is 0.0596. The molecule has 0 fully saturated rings. The van der Waals surface area contributed by atoms with Gasteiger partial charge in [-0.15, -0.1) is 0 Å². The van der Waals surface area contributed by atoms with Crippen molar-refractivity contribution >= 4 is 17.3 Å². The molecule has 0 aliphatic heterocycles. The Morgan fingerprint density at radius 2 is 1.47 bits per heavy atom. The Balaban J connectivity index is 0.000000336. The van der Waals surface area contributed by atoms with Gasteiger partial charge in [-0.1, -0.05) is 39.3 Å². The van der Waals surface area contributed by atoms with E-state index in [-0.39, 0.29) is 5.69 Å². The predicted octanol–water partition coefficient (Wildman–Crippen LogP) is 4.30. The van der Waals surface area contributed by atoms with Gasteiger partial charge in [0, 0.05) is 17.2 Å². The Hall–Kier alpha value is -1.09. The molecule has 3 nitrogen and oxygen atoms in total. The zero-order valence-electron chi connectivity index (χ0n) is 9.45. The van der Waals surface area contributed by atoms with Gasteiger partial charge in [0.05, 0.1) is 4.92 Å². The molecule has 0 spiro atoms. The summed E-state index contributed by atoms with van der Waals surface area (Å²) < 4.78 is 0. The summed E-state index contributed by atoms with van der Waals surface area (Å²) in [6.07, 6.45) is 0. The molecule has 1 aromatic rings. The normalized spacial score (nSPS) is 10.2. The zero-order valence-corrected chi connectivity index (χ0v) is 10.2. The van der Waals surface area contributed by atoms with Crippen LogP contribution in [0, 0.1) is 15.5 Å². The average Bonchev–Trinajstić information content (AvgIpc) is 2.01. The number of hydrogen-bond acceptors (Lipinski definition) is 2. The molecule has 1 aromatic carbocycles. The number of rotatable bonds is 1. The SMILES string of the molecule is CC(C)(C)C.O=[N+]([O-])c1ccc(Cl)cc1. The third-order valence-corrected chi connectivity index (χ3v) is 1.29. The van der Waals surface area contributed by atoms with Gasteiger partial charge in [-0.05, 0) is 17.5 Å². The van der Waals surface area contributed by atoms with Crippen LogP contribution in [0.4, 0.5) is 5.69 Å². The average molecular weight is 230 g/mol. The van der Waals surface area contributed by atoms with Gasteiger partial charge >= 0.3 is 0 Å². The summed E-state index contributed by atoms with van der Waals surface area (Å²) in [5.74, 6) is 0. The van der Waals surface area contributed by atoms with E-state index in [1.54, 1.807) is 0 Å². The molecule has 0 bridgehead atoms. The van der Waals surface area contributed by atoms with E-state index in [2.05, 4.69) is 27.7 Å². The zero-order chi connectivity index (χ0) is 12.1. The predicted molar refractivity (Wildman–Crippen MR) is 63.2 cm³/mol. The lowest BCUT2D eigenvalue weighted by molar-refractivity contribution is -0.384. The maximum atomic E-state index is 10.1. The Morgan fingerprint density at radius 3 is 1.73 bits per heavy atom. The molecule has 0 aliphatic carbocycles. The Bertz CT molecular complexity index is 308. The van der Waals surface area contributed by atoms with Crippen molar-refractivity contribution in [1.29, 1.82) is 0 Å². The molecule has 1 rings (SSSR count). The largest absolute Gasteiger partial charge is 0.269 e. The van der Waals surface area contributed by atoms with Crippen LogP contribution in [0.1, 0.15) is 27.7 Å². The van der Waals surface area contributed by atoms with Gasteiger partial charge in [0.25, 0.3) is 5.69 Å². The van der Waals surface area contributed by atoms with E-state index < -0.39 is 4.92 Å². The fourth-order valence-corrected chi connectivity index (χ4v) is 0.689. The molecule has 15 heavy (non-hydrogen) atoms. The second-order valence-corrected chi connectivity index (χ2v) is 5.17. The van der Waals surface area contributed by atoms with Crippen molar-refractivity contribution in [2.45, 2.75) is 27.7 Å². The number of nitrogens with zero attached hydrogens (tertiary/aromatic N) is 1. The van der Waals surface area contributed by atoms with Crippen LogP contribution < -0.4 is 0 Å². The molecule has 0 radical (unpaired) electrons. The molecule has 0 amide bonds. The van der Waals surface area contributed by atoms with Gasteiger partial charge in [-0.3, -0.25) is 10.1 Å². The van der Waals surface area contributed by atoms with E-state index in [0.717, 1.165) is 0 Å². The second kappa shape index (κ2) is 5.71. The highest BCUT2D eigenvalue weighted by atomic mass is 35.5. The molecular weight excluding hydrogens is 214 g/mol. The van der Waals surface area contributed by atoms with Crippen molar-refractivity contribution in [3.8, 4) is 0 Å².